The topological polar surface area (TPSA) is 33.0 Å². The standard InChI is InChI=1S/C11H13Br2NOSi/c1-16(2,3)15-11(7-14)8-4-5-9(12)10(13)6-8/h4-6,11H,1-3H3. The lowest BCUT2D eigenvalue weighted by molar-refractivity contribution is 0.255. The minimum Gasteiger partial charge on any atom is -0.399 e. The van der Waals surface area contributed by atoms with Crippen molar-refractivity contribution in [2.75, 3.05) is 0 Å². The summed E-state index contributed by atoms with van der Waals surface area (Å²) >= 11 is 6.82. The summed E-state index contributed by atoms with van der Waals surface area (Å²) in [6, 6.07) is 7.93. The third kappa shape index (κ3) is 4.02. The van der Waals surface area contributed by atoms with E-state index < -0.39 is 14.4 Å². The van der Waals surface area contributed by atoms with Gasteiger partial charge in [-0.25, -0.2) is 0 Å². The quantitative estimate of drug-likeness (QED) is 0.734. The molecule has 0 aliphatic carbocycles. The van der Waals surface area contributed by atoms with Crippen LogP contribution in [0.3, 0.4) is 0 Å². The van der Waals surface area contributed by atoms with Crippen LogP contribution in [-0.2, 0) is 4.43 Å². The maximum Gasteiger partial charge on any atom is 0.186 e. The van der Waals surface area contributed by atoms with E-state index in [-0.39, 0.29) is 0 Å². The smallest absolute Gasteiger partial charge is 0.186 e. The molecule has 0 heterocycles. The van der Waals surface area contributed by atoms with Gasteiger partial charge in [-0.1, -0.05) is 6.07 Å². The first-order valence-corrected chi connectivity index (χ1v) is 9.85. The number of benzene rings is 1. The normalized spacial score (nSPS) is 13.2. The predicted octanol–water partition coefficient (Wildman–Crippen LogP) is 4.63. The molecule has 1 atom stereocenters. The third-order valence-electron chi connectivity index (χ3n) is 1.84. The summed E-state index contributed by atoms with van der Waals surface area (Å²) in [5.41, 5.74) is 0.889. The Labute approximate surface area is 114 Å². The summed E-state index contributed by atoms with van der Waals surface area (Å²) in [5, 5.41) is 9.12. The molecule has 0 saturated heterocycles. The highest BCUT2D eigenvalue weighted by Crippen LogP contribution is 2.29. The Balaban J connectivity index is 2.97. The second kappa shape index (κ2) is 5.45. The molecule has 0 bridgehead atoms. The van der Waals surface area contributed by atoms with Crippen LogP contribution >= 0.6 is 31.9 Å². The second-order valence-corrected chi connectivity index (χ2v) is 10.6. The minimum absolute atomic E-state index is 0.476. The van der Waals surface area contributed by atoms with Crippen LogP contribution in [0.5, 0.6) is 0 Å². The lowest BCUT2D eigenvalue weighted by Crippen LogP contribution is -2.27. The zero-order valence-corrected chi connectivity index (χ0v) is 13.6. The predicted molar refractivity (Wildman–Crippen MR) is 74.6 cm³/mol. The lowest BCUT2D eigenvalue weighted by Gasteiger charge is -2.22. The van der Waals surface area contributed by atoms with E-state index >= 15 is 0 Å². The molecule has 0 radical (unpaired) electrons. The second-order valence-electron chi connectivity index (χ2n) is 4.41. The van der Waals surface area contributed by atoms with Gasteiger partial charge in [0.05, 0.1) is 6.07 Å². The van der Waals surface area contributed by atoms with Crippen molar-refractivity contribution < 1.29 is 4.43 Å². The molecule has 0 amide bonds. The first kappa shape index (κ1) is 13.9. The number of hydrogen-bond donors (Lipinski definition) is 0. The van der Waals surface area contributed by atoms with Crippen molar-refractivity contribution in [1.29, 1.82) is 5.26 Å². The molecule has 0 saturated carbocycles. The van der Waals surface area contributed by atoms with Crippen molar-refractivity contribution in [3.05, 3.63) is 32.7 Å². The zero-order valence-electron chi connectivity index (χ0n) is 9.42. The molecule has 0 aromatic heterocycles. The van der Waals surface area contributed by atoms with E-state index in [2.05, 4.69) is 57.6 Å². The van der Waals surface area contributed by atoms with E-state index in [4.69, 9.17) is 9.69 Å². The molecule has 5 heteroatoms. The molecule has 1 aromatic carbocycles. The van der Waals surface area contributed by atoms with Crippen molar-refractivity contribution in [2.45, 2.75) is 25.7 Å². The number of hydrogen-bond acceptors (Lipinski definition) is 2. The Morgan fingerprint density at radius 2 is 1.88 bits per heavy atom. The summed E-state index contributed by atoms with van der Waals surface area (Å²) in [6.07, 6.45) is -0.476. The Morgan fingerprint density at radius 1 is 1.25 bits per heavy atom. The van der Waals surface area contributed by atoms with Crippen LogP contribution in [0.25, 0.3) is 0 Å². The average Bonchev–Trinajstić information content (AvgIpc) is 2.17. The Morgan fingerprint density at radius 3 is 2.31 bits per heavy atom. The number of rotatable bonds is 3. The molecule has 1 aromatic rings. The molecule has 16 heavy (non-hydrogen) atoms. The molecule has 0 N–H and O–H groups in total. The number of nitriles is 1. The molecular weight excluding hydrogens is 350 g/mol. The van der Waals surface area contributed by atoms with Crippen LogP contribution in [0.2, 0.25) is 19.6 Å². The monoisotopic (exact) mass is 361 g/mol. The summed E-state index contributed by atoms with van der Waals surface area (Å²) in [5.74, 6) is 0. The Bertz CT molecular complexity index is 423. The van der Waals surface area contributed by atoms with Gasteiger partial charge in [0.15, 0.2) is 14.4 Å². The van der Waals surface area contributed by atoms with Crippen molar-refractivity contribution in [3.8, 4) is 6.07 Å². The first-order valence-electron chi connectivity index (χ1n) is 4.86. The fourth-order valence-electron chi connectivity index (χ4n) is 1.20. The van der Waals surface area contributed by atoms with Gasteiger partial charge < -0.3 is 4.43 Å². The van der Waals surface area contributed by atoms with Gasteiger partial charge in [-0.05, 0) is 69.2 Å². The molecule has 1 rings (SSSR count). The van der Waals surface area contributed by atoms with Gasteiger partial charge in [-0.3, -0.25) is 0 Å². The van der Waals surface area contributed by atoms with E-state index in [1.54, 1.807) is 0 Å². The van der Waals surface area contributed by atoms with Crippen LogP contribution < -0.4 is 0 Å². The molecule has 0 fully saturated rings. The van der Waals surface area contributed by atoms with E-state index in [0.717, 1.165) is 14.5 Å². The lowest BCUT2D eigenvalue weighted by atomic mass is 10.1. The van der Waals surface area contributed by atoms with Crippen LogP contribution in [-0.4, -0.2) is 8.32 Å². The molecule has 2 nitrogen and oxygen atoms in total. The van der Waals surface area contributed by atoms with Crippen LogP contribution in [0.15, 0.2) is 27.1 Å². The summed E-state index contributed by atoms with van der Waals surface area (Å²) in [4.78, 5) is 0. The maximum absolute atomic E-state index is 9.12. The van der Waals surface area contributed by atoms with Crippen molar-refractivity contribution in [1.82, 2.24) is 0 Å². The van der Waals surface area contributed by atoms with Crippen LogP contribution in [0.1, 0.15) is 11.7 Å². The van der Waals surface area contributed by atoms with E-state index in [1.165, 1.54) is 0 Å². The van der Waals surface area contributed by atoms with Gasteiger partial charge in [0, 0.05) is 8.95 Å². The van der Waals surface area contributed by atoms with Gasteiger partial charge in [0.1, 0.15) is 0 Å². The number of nitrogens with zero attached hydrogens (tertiary/aromatic N) is 1. The van der Waals surface area contributed by atoms with Crippen molar-refractivity contribution in [2.24, 2.45) is 0 Å². The highest BCUT2D eigenvalue weighted by molar-refractivity contribution is 9.13. The molecule has 0 spiro atoms. The van der Waals surface area contributed by atoms with Gasteiger partial charge >= 0.3 is 0 Å². The average molecular weight is 363 g/mol. The summed E-state index contributed by atoms with van der Waals surface area (Å²) < 4.78 is 7.72. The van der Waals surface area contributed by atoms with Gasteiger partial charge in [-0.15, -0.1) is 0 Å². The molecule has 1 unspecified atom stereocenters. The Kier molecular flexibility index (Phi) is 4.74. The minimum atomic E-state index is -1.70. The van der Waals surface area contributed by atoms with E-state index in [0.29, 0.717) is 0 Å². The zero-order chi connectivity index (χ0) is 12.3. The molecule has 0 aliphatic heterocycles. The number of halogens is 2. The first-order chi connectivity index (χ1) is 7.33. The Hall–Kier alpha value is -0.153. The van der Waals surface area contributed by atoms with Crippen LogP contribution in [0.4, 0.5) is 0 Å². The van der Waals surface area contributed by atoms with E-state index in [1.807, 2.05) is 18.2 Å². The SMILES string of the molecule is C[Si](C)(C)OC(C#N)c1ccc(Br)c(Br)c1. The largest absolute Gasteiger partial charge is 0.399 e. The van der Waals surface area contributed by atoms with Gasteiger partial charge in [-0.2, -0.15) is 5.26 Å². The van der Waals surface area contributed by atoms with Gasteiger partial charge in [0.25, 0.3) is 0 Å². The fourth-order valence-corrected chi connectivity index (χ4v) is 2.74. The summed E-state index contributed by atoms with van der Waals surface area (Å²) in [6.45, 7) is 6.22. The van der Waals surface area contributed by atoms with Gasteiger partial charge in [0.2, 0.25) is 0 Å². The maximum atomic E-state index is 9.12. The van der Waals surface area contributed by atoms with Crippen molar-refractivity contribution in [3.63, 3.8) is 0 Å². The van der Waals surface area contributed by atoms with Crippen molar-refractivity contribution >= 4 is 40.2 Å². The molecule has 0 aliphatic rings. The molecular formula is C11H13Br2NOSi. The molecule has 86 valence electrons. The van der Waals surface area contributed by atoms with E-state index in [9.17, 15) is 0 Å². The highest BCUT2D eigenvalue weighted by Gasteiger charge is 2.22. The fraction of sp³-hybridized carbons (Fsp3) is 0.364. The highest BCUT2D eigenvalue weighted by atomic mass is 79.9. The summed E-state index contributed by atoms with van der Waals surface area (Å²) in [7, 11) is -1.70. The van der Waals surface area contributed by atoms with Crippen LogP contribution in [0, 0.1) is 11.3 Å². The third-order valence-corrected chi connectivity index (χ3v) is 4.66.